The van der Waals surface area contributed by atoms with Crippen molar-refractivity contribution in [2.24, 2.45) is 0 Å². The number of fused-ring (bicyclic) bond motifs is 1. The molecule has 0 fully saturated rings. The number of carbonyl (C=O) groups excluding carboxylic acids is 1. The average molecular weight is 371 g/mol. The predicted molar refractivity (Wildman–Crippen MR) is 94.0 cm³/mol. The molecule has 2 aromatic rings. The van der Waals surface area contributed by atoms with Crippen LogP contribution in [0, 0.1) is 0 Å². The van der Waals surface area contributed by atoms with Crippen LogP contribution >= 0.6 is 0 Å². The quantitative estimate of drug-likeness (QED) is 0.748. The van der Waals surface area contributed by atoms with Crippen molar-refractivity contribution in [3.8, 4) is 0 Å². The Labute approximate surface area is 150 Å². The van der Waals surface area contributed by atoms with Gasteiger partial charge in [0.05, 0.1) is 12.6 Å². The molecule has 0 saturated heterocycles. The number of amides is 2. The van der Waals surface area contributed by atoms with Gasteiger partial charge in [0, 0.05) is 19.0 Å². The summed E-state index contributed by atoms with van der Waals surface area (Å²) in [5.74, 6) is 0.675. The molecule has 2 amide bonds. The van der Waals surface area contributed by atoms with Crippen molar-refractivity contribution in [3.63, 3.8) is 0 Å². The van der Waals surface area contributed by atoms with E-state index in [1.165, 1.54) is 16.8 Å². The zero-order valence-electron chi connectivity index (χ0n) is 15.1. The number of alkyl halides is 3. The van der Waals surface area contributed by atoms with Gasteiger partial charge in [-0.2, -0.15) is 13.2 Å². The lowest BCUT2D eigenvalue weighted by atomic mass is 10.2. The van der Waals surface area contributed by atoms with Gasteiger partial charge < -0.3 is 14.6 Å². The summed E-state index contributed by atoms with van der Waals surface area (Å²) in [7, 11) is 3.06. The smallest absolute Gasteiger partial charge is 0.401 e. The van der Waals surface area contributed by atoms with Gasteiger partial charge in [-0.1, -0.05) is 18.2 Å². The molecule has 1 unspecified atom stereocenters. The predicted octanol–water partition coefficient (Wildman–Crippen LogP) is 4.02. The lowest BCUT2D eigenvalue weighted by Crippen LogP contribution is -2.40. The van der Waals surface area contributed by atoms with Gasteiger partial charge in [-0.25, -0.2) is 4.79 Å². The molecular weight excluding hydrogens is 347 g/mol. The molecule has 0 aliphatic carbocycles. The van der Waals surface area contributed by atoms with Crippen LogP contribution in [0.4, 0.5) is 18.0 Å². The molecule has 0 bridgehead atoms. The summed E-state index contributed by atoms with van der Waals surface area (Å²) < 4.78 is 42.5. The first kappa shape index (κ1) is 20.1. The zero-order chi connectivity index (χ0) is 19.3. The fourth-order valence-electron chi connectivity index (χ4n) is 2.63. The molecule has 26 heavy (non-hydrogen) atoms. The molecule has 5 nitrogen and oxygen atoms in total. The Hall–Kier alpha value is -2.22. The third kappa shape index (κ3) is 5.66. The van der Waals surface area contributed by atoms with Gasteiger partial charge in [-0.15, -0.1) is 0 Å². The summed E-state index contributed by atoms with van der Waals surface area (Å²) in [6.45, 7) is 1.46. The molecule has 1 aromatic heterocycles. The first-order valence-corrected chi connectivity index (χ1v) is 8.42. The van der Waals surface area contributed by atoms with Crippen LogP contribution in [-0.2, 0) is 0 Å². The molecule has 144 valence electrons. The third-order valence-electron chi connectivity index (χ3n) is 4.20. The fraction of sp³-hybridized carbons (Fsp3) is 0.500. The van der Waals surface area contributed by atoms with Crippen LogP contribution in [0.3, 0.4) is 0 Å². The van der Waals surface area contributed by atoms with Gasteiger partial charge >= 0.3 is 12.2 Å². The van der Waals surface area contributed by atoms with Crippen LogP contribution in [0.15, 0.2) is 34.7 Å². The van der Waals surface area contributed by atoms with E-state index < -0.39 is 12.7 Å². The van der Waals surface area contributed by atoms with Crippen LogP contribution < -0.4 is 5.32 Å². The van der Waals surface area contributed by atoms with Crippen molar-refractivity contribution in [1.82, 2.24) is 15.1 Å². The largest absolute Gasteiger partial charge is 0.459 e. The number of para-hydroxylation sites is 1. The van der Waals surface area contributed by atoms with E-state index >= 15 is 0 Å². The molecule has 0 saturated carbocycles. The van der Waals surface area contributed by atoms with E-state index in [0.29, 0.717) is 18.7 Å². The summed E-state index contributed by atoms with van der Waals surface area (Å²) in [6, 6.07) is 8.93. The Morgan fingerprint density at radius 2 is 1.96 bits per heavy atom. The lowest BCUT2D eigenvalue weighted by Gasteiger charge is -2.24. The van der Waals surface area contributed by atoms with E-state index in [1.807, 2.05) is 37.3 Å². The zero-order valence-corrected chi connectivity index (χ0v) is 15.1. The van der Waals surface area contributed by atoms with E-state index in [0.717, 1.165) is 11.0 Å². The van der Waals surface area contributed by atoms with Crippen LogP contribution in [0.5, 0.6) is 0 Å². The summed E-state index contributed by atoms with van der Waals surface area (Å²) >= 11 is 0. The Morgan fingerprint density at radius 1 is 1.27 bits per heavy atom. The third-order valence-corrected chi connectivity index (χ3v) is 4.20. The first-order valence-electron chi connectivity index (χ1n) is 8.42. The van der Waals surface area contributed by atoms with Crippen LogP contribution in [0.1, 0.15) is 25.1 Å². The number of carbonyl (C=O) groups is 1. The van der Waals surface area contributed by atoms with E-state index in [9.17, 15) is 18.0 Å². The number of halogens is 3. The van der Waals surface area contributed by atoms with E-state index in [1.54, 1.807) is 7.05 Å². The summed E-state index contributed by atoms with van der Waals surface area (Å²) in [5, 5.41) is 3.69. The summed E-state index contributed by atoms with van der Waals surface area (Å²) in [4.78, 5) is 14.9. The number of rotatable bonds is 7. The van der Waals surface area contributed by atoms with Gasteiger partial charge in [-0.3, -0.25) is 4.90 Å². The maximum Gasteiger partial charge on any atom is 0.401 e. The molecule has 1 N–H and O–H groups in total. The normalized spacial score (nSPS) is 13.2. The second-order valence-electron chi connectivity index (χ2n) is 6.41. The maximum atomic E-state index is 12.2. The minimum absolute atomic E-state index is 0.253. The highest BCUT2D eigenvalue weighted by Crippen LogP contribution is 2.26. The van der Waals surface area contributed by atoms with E-state index in [-0.39, 0.29) is 18.6 Å². The Bertz CT molecular complexity index is 697. The van der Waals surface area contributed by atoms with Gasteiger partial charge in [0.1, 0.15) is 11.3 Å². The van der Waals surface area contributed by atoms with E-state index in [2.05, 4.69) is 5.32 Å². The van der Waals surface area contributed by atoms with Crippen molar-refractivity contribution in [2.75, 3.05) is 33.7 Å². The van der Waals surface area contributed by atoms with Crippen molar-refractivity contribution in [3.05, 3.63) is 36.1 Å². The maximum absolute atomic E-state index is 12.2. The van der Waals surface area contributed by atoms with Crippen molar-refractivity contribution in [2.45, 2.75) is 25.6 Å². The number of hydrogen-bond donors (Lipinski definition) is 1. The van der Waals surface area contributed by atoms with E-state index in [4.69, 9.17) is 4.42 Å². The summed E-state index contributed by atoms with van der Waals surface area (Å²) in [6.07, 6.45) is -3.77. The standard InChI is InChI=1S/C18H24F3N3O2/c1-13(16-11-14-7-4-5-8-15(14)26-16)24(3)17(25)22-9-6-10-23(2)12-18(19,20)21/h4-5,7-8,11,13H,6,9-10,12H2,1-3H3,(H,22,25). The highest BCUT2D eigenvalue weighted by atomic mass is 19.4. The second kappa shape index (κ2) is 8.44. The number of hydrogen-bond acceptors (Lipinski definition) is 3. The second-order valence-corrected chi connectivity index (χ2v) is 6.41. The van der Waals surface area contributed by atoms with Gasteiger partial charge in [0.2, 0.25) is 0 Å². The SMILES string of the molecule is CC(c1cc2ccccc2o1)N(C)C(=O)NCCCN(C)CC(F)(F)F. The van der Waals surface area contributed by atoms with Gasteiger partial charge in [0.25, 0.3) is 0 Å². The number of nitrogens with one attached hydrogen (secondary N) is 1. The number of nitrogens with zero attached hydrogens (tertiary/aromatic N) is 2. The van der Waals surface area contributed by atoms with Crippen LogP contribution in [0.25, 0.3) is 11.0 Å². The molecule has 0 aliphatic rings. The first-order chi connectivity index (χ1) is 12.2. The fourth-order valence-corrected chi connectivity index (χ4v) is 2.63. The van der Waals surface area contributed by atoms with Crippen LogP contribution in [0.2, 0.25) is 0 Å². The van der Waals surface area contributed by atoms with Crippen molar-refractivity contribution in [1.29, 1.82) is 0 Å². The van der Waals surface area contributed by atoms with Crippen molar-refractivity contribution >= 4 is 17.0 Å². The molecule has 0 radical (unpaired) electrons. The molecule has 1 atom stereocenters. The Morgan fingerprint density at radius 3 is 2.62 bits per heavy atom. The Balaban J connectivity index is 1.79. The molecule has 2 rings (SSSR count). The molecular formula is C18H24F3N3O2. The highest BCUT2D eigenvalue weighted by molar-refractivity contribution is 5.78. The van der Waals surface area contributed by atoms with Gasteiger partial charge in [-0.05, 0) is 39.1 Å². The monoisotopic (exact) mass is 371 g/mol. The molecule has 8 heteroatoms. The Kier molecular flexibility index (Phi) is 6.52. The highest BCUT2D eigenvalue weighted by Gasteiger charge is 2.28. The number of furan rings is 1. The average Bonchev–Trinajstić information content (AvgIpc) is 2.99. The van der Waals surface area contributed by atoms with Gasteiger partial charge in [0.15, 0.2) is 0 Å². The molecule has 1 heterocycles. The summed E-state index contributed by atoms with van der Waals surface area (Å²) in [5.41, 5.74) is 0.760. The molecule has 1 aromatic carbocycles. The minimum Gasteiger partial charge on any atom is -0.459 e. The van der Waals surface area contributed by atoms with Crippen molar-refractivity contribution < 1.29 is 22.4 Å². The minimum atomic E-state index is -4.21. The topological polar surface area (TPSA) is 48.7 Å². The molecule has 0 aliphatic heterocycles. The molecule has 0 spiro atoms. The lowest BCUT2D eigenvalue weighted by molar-refractivity contribution is -0.143. The number of benzene rings is 1. The van der Waals surface area contributed by atoms with Crippen LogP contribution in [-0.4, -0.2) is 55.7 Å². The number of urea groups is 1.